The van der Waals surface area contributed by atoms with E-state index in [4.69, 9.17) is 13.9 Å². The average molecular weight is 431 g/mol. The number of hydrogen-bond acceptors (Lipinski definition) is 4. The van der Waals surface area contributed by atoms with E-state index >= 15 is 0 Å². The number of epoxide rings is 1. The molecule has 3 fully saturated rings. The van der Waals surface area contributed by atoms with E-state index in [0.29, 0.717) is 17.6 Å². The van der Waals surface area contributed by atoms with E-state index in [1.54, 1.807) is 0 Å². The Morgan fingerprint density at radius 1 is 1.20 bits per heavy atom. The Bertz CT molecular complexity index is 829. The van der Waals surface area contributed by atoms with Crippen molar-refractivity contribution in [3.05, 3.63) is 35.4 Å². The highest BCUT2D eigenvalue weighted by Crippen LogP contribution is 2.72. The van der Waals surface area contributed by atoms with Crippen LogP contribution in [0.1, 0.15) is 81.8 Å². The fourth-order valence-electron chi connectivity index (χ4n) is 5.93. The molecule has 5 atom stereocenters. The molecule has 0 unspecified atom stereocenters. The Hall–Kier alpha value is -1.17. The number of hydrogen-bond donors (Lipinski definition) is 0. The highest BCUT2D eigenvalue weighted by molar-refractivity contribution is 6.74. The van der Waals surface area contributed by atoms with Crippen molar-refractivity contribution in [2.75, 3.05) is 7.11 Å². The summed E-state index contributed by atoms with van der Waals surface area (Å²) in [6.45, 7) is 14.2. The van der Waals surface area contributed by atoms with Crippen molar-refractivity contribution < 1.29 is 18.7 Å². The largest absolute Gasteiger partial charge is 0.465 e. The molecule has 1 aromatic carbocycles. The van der Waals surface area contributed by atoms with E-state index in [1.807, 2.05) is 18.2 Å². The minimum atomic E-state index is -1.81. The van der Waals surface area contributed by atoms with Gasteiger partial charge in [-0.3, -0.25) is 0 Å². The molecule has 30 heavy (non-hydrogen) atoms. The van der Waals surface area contributed by atoms with Crippen molar-refractivity contribution in [3.8, 4) is 0 Å². The van der Waals surface area contributed by atoms with Crippen LogP contribution in [0.4, 0.5) is 0 Å². The van der Waals surface area contributed by atoms with Crippen LogP contribution >= 0.6 is 0 Å². The number of fused-ring (bicyclic) bond motifs is 2. The van der Waals surface area contributed by atoms with Crippen molar-refractivity contribution in [2.24, 2.45) is 11.3 Å². The fraction of sp³-hybridized carbons (Fsp3) is 0.720. The molecule has 0 bridgehead atoms. The van der Waals surface area contributed by atoms with Crippen molar-refractivity contribution >= 4 is 14.3 Å². The molecular weight excluding hydrogens is 392 g/mol. The van der Waals surface area contributed by atoms with Gasteiger partial charge in [0.25, 0.3) is 0 Å². The summed E-state index contributed by atoms with van der Waals surface area (Å²) in [5.74, 6) is 0.261. The van der Waals surface area contributed by atoms with E-state index in [-0.39, 0.29) is 28.1 Å². The molecule has 0 N–H and O–H groups in total. The summed E-state index contributed by atoms with van der Waals surface area (Å²) in [4.78, 5) is 12.0. The number of carbonyl (C=O) groups is 1. The number of methoxy groups -OCH3 is 1. The number of carbonyl (C=O) groups excluding carboxylic acids is 1. The van der Waals surface area contributed by atoms with Gasteiger partial charge in [0.2, 0.25) is 0 Å². The maximum Gasteiger partial charge on any atom is 0.337 e. The van der Waals surface area contributed by atoms with Crippen LogP contribution in [0.3, 0.4) is 0 Å². The third-order valence-electron chi connectivity index (χ3n) is 8.80. The zero-order chi connectivity index (χ0) is 21.9. The van der Waals surface area contributed by atoms with Crippen LogP contribution in [0.15, 0.2) is 24.3 Å². The maximum absolute atomic E-state index is 12.0. The molecule has 1 saturated heterocycles. The van der Waals surface area contributed by atoms with E-state index in [2.05, 4.69) is 46.9 Å². The van der Waals surface area contributed by atoms with Crippen molar-refractivity contribution in [1.29, 1.82) is 0 Å². The smallest absolute Gasteiger partial charge is 0.337 e. The number of benzene rings is 1. The highest BCUT2D eigenvalue weighted by atomic mass is 28.4. The normalized spacial score (nSPS) is 35.9. The average Bonchev–Trinajstić information content (AvgIpc) is 3.34. The third kappa shape index (κ3) is 3.28. The molecule has 2 aliphatic carbocycles. The summed E-state index contributed by atoms with van der Waals surface area (Å²) in [5, 5.41) is 0.226. The number of rotatable bonds is 4. The van der Waals surface area contributed by atoms with Gasteiger partial charge in [0, 0.05) is 11.5 Å². The van der Waals surface area contributed by atoms with Crippen LogP contribution in [-0.2, 0) is 13.9 Å². The monoisotopic (exact) mass is 430 g/mol. The first-order chi connectivity index (χ1) is 14.0. The lowest BCUT2D eigenvalue weighted by atomic mass is 9.63. The fourth-order valence-corrected chi connectivity index (χ4v) is 7.33. The van der Waals surface area contributed by atoms with E-state index in [1.165, 1.54) is 32.8 Å². The first-order valence-corrected chi connectivity index (χ1v) is 14.4. The molecule has 0 radical (unpaired) electrons. The second-order valence-corrected chi connectivity index (χ2v) is 16.1. The molecule has 4 rings (SSSR count). The Morgan fingerprint density at radius 3 is 2.60 bits per heavy atom. The molecule has 4 nitrogen and oxygen atoms in total. The van der Waals surface area contributed by atoms with Gasteiger partial charge in [0.1, 0.15) is 11.7 Å². The first-order valence-electron chi connectivity index (χ1n) is 11.5. The van der Waals surface area contributed by atoms with Gasteiger partial charge in [-0.05, 0) is 67.4 Å². The van der Waals surface area contributed by atoms with Crippen LogP contribution in [-0.4, -0.2) is 33.1 Å². The highest BCUT2D eigenvalue weighted by Gasteiger charge is 2.73. The van der Waals surface area contributed by atoms with Gasteiger partial charge in [0.15, 0.2) is 8.32 Å². The summed E-state index contributed by atoms with van der Waals surface area (Å²) in [6, 6.07) is 7.80. The van der Waals surface area contributed by atoms with E-state index in [9.17, 15) is 4.79 Å². The summed E-state index contributed by atoms with van der Waals surface area (Å²) in [6.07, 6.45) is 6.24. The molecule has 2 saturated carbocycles. The number of esters is 1. The summed E-state index contributed by atoms with van der Waals surface area (Å²) < 4.78 is 18.4. The molecule has 5 heteroatoms. The van der Waals surface area contributed by atoms with Crippen LogP contribution in [0, 0.1) is 11.3 Å². The second kappa shape index (κ2) is 7.18. The van der Waals surface area contributed by atoms with Crippen molar-refractivity contribution in [1.82, 2.24) is 0 Å². The minimum absolute atomic E-state index is 0.0729. The zero-order valence-electron chi connectivity index (χ0n) is 19.7. The molecule has 1 aliphatic heterocycles. The SMILES string of the molecule is COC(=O)c1cccc([C@H]2O[C@@]23CC[C@H]2[C@@H](O[Si](C)(C)C(C)(C)C)CCC[C@@]23C)c1. The molecule has 0 aromatic heterocycles. The standard InChI is InChI=1S/C25H38O4Si/c1-23(2,3)30(6,7)29-20-12-9-14-24(4)19(20)13-15-25(24)21(28-25)17-10-8-11-18(16-17)22(26)27-5/h8,10-11,16,19-21H,9,12-15H2,1-7H3/t19-,20-,21+,24-,25-/m0/s1. The van der Waals surface area contributed by atoms with Gasteiger partial charge in [-0.2, -0.15) is 0 Å². The van der Waals surface area contributed by atoms with Gasteiger partial charge in [-0.1, -0.05) is 46.2 Å². The third-order valence-corrected chi connectivity index (χ3v) is 13.3. The number of ether oxygens (including phenoxy) is 2. The Balaban J connectivity index is 1.57. The summed E-state index contributed by atoms with van der Waals surface area (Å²) in [5.41, 5.74) is 1.72. The summed E-state index contributed by atoms with van der Waals surface area (Å²) >= 11 is 0. The molecule has 3 aliphatic rings. The van der Waals surface area contributed by atoms with Gasteiger partial charge in [0.05, 0.1) is 12.7 Å². The molecule has 1 aromatic rings. The minimum Gasteiger partial charge on any atom is -0.465 e. The molecule has 166 valence electrons. The molecule has 0 amide bonds. The van der Waals surface area contributed by atoms with Crippen LogP contribution in [0.2, 0.25) is 18.1 Å². The van der Waals surface area contributed by atoms with Crippen LogP contribution in [0.5, 0.6) is 0 Å². The van der Waals surface area contributed by atoms with E-state index < -0.39 is 8.32 Å². The van der Waals surface area contributed by atoms with E-state index in [0.717, 1.165) is 12.0 Å². The lowest BCUT2D eigenvalue weighted by Crippen LogP contribution is -2.51. The van der Waals surface area contributed by atoms with Crippen molar-refractivity contribution in [2.45, 2.75) is 95.7 Å². The molecule has 1 spiro atoms. The van der Waals surface area contributed by atoms with Gasteiger partial charge in [-0.15, -0.1) is 0 Å². The lowest BCUT2D eigenvalue weighted by molar-refractivity contribution is -0.0195. The first kappa shape index (κ1) is 22.0. The Morgan fingerprint density at radius 2 is 1.93 bits per heavy atom. The van der Waals surface area contributed by atoms with Crippen molar-refractivity contribution in [3.63, 3.8) is 0 Å². The Kier molecular flexibility index (Phi) is 5.27. The predicted octanol–water partition coefficient (Wildman–Crippen LogP) is 6.27. The van der Waals surface area contributed by atoms with Gasteiger partial charge >= 0.3 is 5.97 Å². The quantitative estimate of drug-likeness (QED) is 0.321. The predicted molar refractivity (Wildman–Crippen MR) is 121 cm³/mol. The summed E-state index contributed by atoms with van der Waals surface area (Å²) in [7, 11) is -0.381. The second-order valence-electron chi connectivity index (χ2n) is 11.4. The topological polar surface area (TPSA) is 48.1 Å². The molecular formula is C25H38O4Si. The molecule has 1 heterocycles. The van der Waals surface area contributed by atoms with Crippen LogP contribution < -0.4 is 0 Å². The Labute approximate surface area is 182 Å². The van der Waals surface area contributed by atoms with Gasteiger partial charge in [-0.25, -0.2) is 4.79 Å². The van der Waals surface area contributed by atoms with Gasteiger partial charge < -0.3 is 13.9 Å². The maximum atomic E-state index is 12.0. The lowest BCUT2D eigenvalue weighted by Gasteiger charge is -2.48. The van der Waals surface area contributed by atoms with Crippen LogP contribution in [0.25, 0.3) is 0 Å². The zero-order valence-corrected chi connectivity index (χ0v) is 20.7.